The lowest BCUT2D eigenvalue weighted by Crippen LogP contribution is -2.27. The molecule has 2 rings (SSSR count). The number of thiophene rings is 1. The largest absolute Gasteiger partial charge is 0.379 e. The summed E-state index contributed by atoms with van der Waals surface area (Å²) in [5.41, 5.74) is 0. The molecule has 2 aromatic heterocycles. The van der Waals surface area contributed by atoms with Crippen molar-refractivity contribution < 1.29 is 9.53 Å². The molecule has 0 radical (unpaired) electrons. The van der Waals surface area contributed by atoms with E-state index >= 15 is 0 Å². The maximum absolute atomic E-state index is 11.7. The number of hydrogen-bond acceptors (Lipinski definition) is 6. The molecular weight excluding hydrogens is 332 g/mol. The number of aromatic amines is 1. The van der Waals surface area contributed by atoms with Crippen LogP contribution in [0.2, 0.25) is 0 Å². The predicted octanol–water partition coefficient (Wildman–Crippen LogP) is 2.48. The first kappa shape index (κ1) is 18.0. The van der Waals surface area contributed by atoms with Crippen LogP contribution in [0.4, 0.5) is 0 Å². The van der Waals surface area contributed by atoms with Crippen molar-refractivity contribution >= 4 is 29.0 Å². The number of thioether (sulfide) groups is 1. The Balaban J connectivity index is 1.62. The van der Waals surface area contributed by atoms with Crippen LogP contribution >= 0.6 is 23.1 Å². The first-order valence-corrected chi connectivity index (χ1v) is 9.45. The van der Waals surface area contributed by atoms with E-state index in [1.165, 1.54) is 16.6 Å². The Morgan fingerprint density at radius 1 is 1.52 bits per heavy atom. The predicted molar refractivity (Wildman–Crippen MR) is 92.9 cm³/mol. The summed E-state index contributed by atoms with van der Waals surface area (Å²) in [7, 11) is 0. The van der Waals surface area contributed by atoms with Crippen LogP contribution in [0.5, 0.6) is 0 Å². The molecule has 0 aliphatic carbocycles. The van der Waals surface area contributed by atoms with Gasteiger partial charge in [-0.2, -0.15) is 0 Å². The molecule has 0 aromatic carbocycles. The van der Waals surface area contributed by atoms with Crippen molar-refractivity contribution in [3.05, 3.63) is 28.2 Å². The average molecular weight is 355 g/mol. The fourth-order valence-corrected chi connectivity index (χ4v) is 3.16. The third-order valence-corrected chi connectivity index (χ3v) is 4.58. The fourth-order valence-electron chi connectivity index (χ4n) is 1.80. The third kappa shape index (κ3) is 7.15. The zero-order valence-electron chi connectivity index (χ0n) is 13.4. The summed E-state index contributed by atoms with van der Waals surface area (Å²) in [5, 5.41) is 12.6. The Morgan fingerprint density at radius 3 is 3.13 bits per heavy atom. The van der Waals surface area contributed by atoms with E-state index in [1.54, 1.807) is 11.3 Å². The molecule has 0 atom stereocenters. The zero-order chi connectivity index (χ0) is 16.5. The van der Waals surface area contributed by atoms with E-state index in [4.69, 9.17) is 4.74 Å². The van der Waals surface area contributed by atoms with E-state index in [0.717, 1.165) is 18.7 Å². The lowest BCUT2D eigenvalue weighted by Gasteiger charge is -2.07. The topological polar surface area (TPSA) is 79.9 Å². The number of rotatable bonds is 10. The van der Waals surface area contributed by atoms with Crippen LogP contribution in [0.15, 0.2) is 22.7 Å². The maximum Gasteiger partial charge on any atom is 0.230 e. The fraction of sp³-hybridized carbons (Fsp3) is 0.533. The second kappa shape index (κ2) is 9.69. The van der Waals surface area contributed by atoms with Crippen LogP contribution in [-0.2, 0) is 16.0 Å². The second-order valence-corrected chi connectivity index (χ2v) is 7.21. The van der Waals surface area contributed by atoms with Gasteiger partial charge in [-0.15, -0.1) is 16.4 Å². The molecular formula is C15H22N4O2S2. The molecule has 0 spiro atoms. The maximum atomic E-state index is 11.7. The highest BCUT2D eigenvalue weighted by molar-refractivity contribution is 7.99. The summed E-state index contributed by atoms with van der Waals surface area (Å²) < 4.78 is 5.42. The molecule has 0 aliphatic heterocycles. The molecule has 0 bridgehead atoms. The van der Waals surface area contributed by atoms with Gasteiger partial charge < -0.3 is 10.1 Å². The number of nitrogens with zero attached hydrogens (tertiary/aromatic N) is 2. The molecule has 2 heterocycles. The summed E-state index contributed by atoms with van der Waals surface area (Å²) in [6.07, 6.45) is 1.79. The Hall–Kier alpha value is -1.38. The van der Waals surface area contributed by atoms with Gasteiger partial charge in [0.25, 0.3) is 0 Å². The van der Waals surface area contributed by atoms with E-state index in [2.05, 4.69) is 26.6 Å². The Kier molecular flexibility index (Phi) is 7.57. The molecule has 8 heteroatoms. The Bertz CT molecular complexity index is 584. The van der Waals surface area contributed by atoms with E-state index < -0.39 is 0 Å². The van der Waals surface area contributed by atoms with Gasteiger partial charge in [0.1, 0.15) is 5.82 Å². The van der Waals surface area contributed by atoms with Gasteiger partial charge >= 0.3 is 0 Å². The SMILES string of the molecule is CC(C)OCCCNC(=O)CSc1n[nH]c(Cc2cccs2)n1. The minimum absolute atomic E-state index is 0.0100. The normalized spacial score (nSPS) is 11.1. The van der Waals surface area contributed by atoms with Crippen LogP contribution in [0.3, 0.4) is 0 Å². The number of aromatic nitrogens is 3. The van der Waals surface area contributed by atoms with Crippen LogP contribution in [0.1, 0.15) is 31.0 Å². The van der Waals surface area contributed by atoms with Crippen LogP contribution in [0.25, 0.3) is 0 Å². The van der Waals surface area contributed by atoms with Gasteiger partial charge in [0, 0.05) is 24.4 Å². The van der Waals surface area contributed by atoms with Crippen molar-refractivity contribution in [1.29, 1.82) is 0 Å². The number of ether oxygens (including phenoxy) is 1. The highest BCUT2D eigenvalue weighted by Crippen LogP contribution is 2.15. The summed E-state index contributed by atoms with van der Waals surface area (Å²) in [5.74, 6) is 1.13. The molecule has 23 heavy (non-hydrogen) atoms. The lowest BCUT2D eigenvalue weighted by atomic mass is 10.3. The summed E-state index contributed by atoms with van der Waals surface area (Å²) in [6.45, 7) is 5.29. The first-order chi connectivity index (χ1) is 11.1. The minimum atomic E-state index is -0.0100. The molecule has 126 valence electrons. The zero-order valence-corrected chi connectivity index (χ0v) is 15.0. The average Bonchev–Trinajstić information content (AvgIpc) is 3.17. The number of amides is 1. The quantitative estimate of drug-likeness (QED) is 0.506. The van der Waals surface area contributed by atoms with Gasteiger partial charge in [0.05, 0.1) is 11.9 Å². The van der Waals surface area contributed by atoms with Crippen LogP contribution < -0.4 is 5.32 Å². The monoisotopic (exact) mass is 354 g/mol. The number of carbonyl (C=O) groups excluding carboxylic acids is 1. The van der Waals surface area contributed by atoms with Crippen molar-refractivity contribution in [3.63, 3.8) is 0 Å². The highest BCUT2D eigenvalue weighted by atomic mass is 32.2. The molecule has 6 nitrogen and oxygen atoms in total. The van der Waals surface area contributed by atoms with E-state index in [1.807, 2.05) is 25.3 Å². The van der Waals surface area contributed by atoms with Crippen molar-refractivity contribution in [2.75, 3.05) is 18.9 Å². The Morgan fingerprint density at radius 2 is 2.39 bits per heavy atom. The van der Waals surface area contributed by atoms with Gasteiger partial charge in [0.2, 0.25) is 11.1 Å². The van der Waals surface area contributed by atoms with Crippen LogP contribution in [-0.4, -0.2) is 46.1 Å². The first-order valence-electron chi connectivity index (χ1n) is 7.58. The summed E-state index contributed by atoms with van der Waals surface area (Å²) in [6, 6.07) is 4.08. The number of nitrogens with one attached hydrogen (secondary N) is 2. The van der Waals surface area contributed by atoms with Crippen molar-refractivity contribution in [1.82, 2.24) is 20.5 Å². The number of H-pyrrole nitrogens is 1. The lowest BCUT2D eigenvalue weighted by molar-refractivity contribution is -0.118. The van der Waals surface area contributed by atoms with Gasteiger partial charge in [-0.05, 0) is 31.7 Å². The summed E-state index contributed by atoms with van der Waals surface area (Å²) in [4.78, 5) is 17.4. The standard InChI is InChI=1S/C15H22N4O2S2/c1-11(2)21-7-4-6-16-14(20)10-23-15-17-13(18-19-15)9-12-5-3-8-22-12/h3,5,8,11H,4,6-7,9-10H2,1-2H3,(H,16,20)(H,17,18,19). The molecule has 0 aliphatic rings. The molecule has 0 unspecified atom stereocenters. The molecule has 1 amide bonds. The van der Waals surface area contributed by atoms with Gasteiger partial charge in [-0.1, -0.05) is 17.8 Å². The van der Waals surface area contributed by atoms with Gasteiger partial charge in [0.15, 0.2) is 0 Å². The molecule has 0 saturated carbocycles. The smallest absolute Gasteiger partial charge is 0.230 e. The van der Waals surface area contributed by atoms with Crippen molar-refractivity contribution in [2.24, 2.45) is 0 Å². The third-order valence-electron chi connectivity index (χ3n) is 2.86. The van der Waals surface area contributed by atoms with E-state index in [-0.39, 0.29) is 12.0 Å². The van der Waals surface area contributed by atoms with E-state index in [0.29, 0.717) is 24.1 Å². The van der Waals surface area contributed by atoms with Crippen LogP contribution in [0, 0.1) is 0 Å². The molecule has 2 N–H and O–H groups in total. The number of hydrogen-bond donors (Lipinski definition) is 2. The second-order valence-electron chi connectivity index (χ2n) is 5.23. The number of carbonyl (C=O) groups is 1. The Labute approximate surface area is 144 Å². The van der Waals surface area contributed by atoms with Gasteiger partial charge in [-0.3, -0.25) is 9.89 Å². The van der Waals surface area contributed by atoms with E-state index in [9.17, 15) is 4.79 Å². The van der Waals surface area contributed by atoms with Crippen molar-refractivity contribution in [3.8, 4) is 0 Å². The summed E-state index contributed by atoms with van der Waals surface area (Å²) >= 11 is 3.03. The molecule has 2 aromatic rings. The van der Waals surface area contributed by atoms with Gasteiger partial charge in [-0.25, -0.2) is 4.98 Å². The highest BCUT2D eigenvalue weighted by Gasteiger charge is 2.08. The molecule has 0 saturated heterocycles. The molecule has 0 fully saturated rings. The van der Waals surface area contributed by atoms with Crippen molar-refractivity contribution in [2.45, 2.75) is 37.9 Å². The minimum Gasteiger partial charge on any atom is -0.379 e.